The molecule has 0 saturated carbocycles. The maximum absolute atomic E-state index is 13.4. The van der Waals surface area contributed by atoms with Crippen LogP contribution in [0, 0.1) is 12.7 Å². The number of nitrogens with two attached hydrogens (primary N) is 1. The van der Waals surface area contributed by atoms with Crippen LogP contribution in [0.15, 0.2) is 53.8 Å². The molecule has 0 fully saturated rings. The summed E-state index contributed by atoms with van der Waals surface area (Å²) in [7, 11) is 0. The predicted octanol–water partition coefficient (Wildman–Crippen LogP) is 4.48. The lowest BCUT2D eigenvalue weighted by Crippen LogP contribution is -2.08. The molecule has 3 rings (SSSR count). The fourth-order valence-electron chi connectivity index (χ4n) is 2.41. The third-order valence-electron chi connectivity index (χ3n) is 3.68. The van der Waals surface area contributed by atoms with Gasteiger partial charge in [-0.2, -0.15) is 18.3 Å². The van der Waals surface area contributed by atoms with Crippen molar-refractivity contribution in [2.24, 2.45) is 5.10 Å². The van der Waals surface area contributed by atoms with Gasteiger partial charge < -0.3 is 5.73 Å². The Labute approximate surface area is 146 Å². The highest BCUT2D eigenvalue weighted by Crippen LogP contribution is 2.34. The van der Waals surface area contributed by atoms with Gasteiger partial charge in [-0.15, -0.1) is 0 Å². The molecule has 0 atom stereocenters. The zero-order valence-corrected chi connectivity index (χ0v) is 13.6. The third kappa shape index (κ3) is 3.74. The first-order valence-corrected chi connectivity index (χ1v) is 7.57. The number of nitrogens with zero attached hydrogens (tertiary/aromatic N) is 3. The van der Waals surface area contributed by atoms with Crippen LogP contribution >= 0.6 is 0 Å². The summed E-state index contributed by atoms with van der Waals surface area (Å²) in [6.45, 7) is 1.79. The Morgan fingerprint density at radius 2 is 1.73 bits per heavy atom. The molecule has 2 N–H and O–H groups in total. The van der Waals surface area contributed by atoms with Crippen LogP contribution in [-0.2, 0) is 6.18 Å². The van der Waals surface area contributed by atoms with Crippen LogP contribution in [-0.4, -0.2) is 15.9 Å². The number of alkyl halides is 3. The number of aromatic nitrogens is 2. The van der Waals surface area contributed by atoms with Crippen molar-refractivity contribution in [2.75, 3.05) is 5.73 Å². The Bertz CT molecular complexity index is 956. The number of imidazole rings is 1. The SMILES string of the molecule is Cc1cn(N=Cc2ccc(-c3ccc(F)c(C(F)(F)F)c3)cc2)c(N)n1. The molecule has 4 nitrogen and oxygen atoms in total. The molecule has 0 saturated heterocycles. The summed E-state index contributed by atoms with van der Waals surface area (Å²) in [4.78, 5) is 4.02. The Kier molecular flexibility index (Phi) is 4.50. The van der Waals surface area contributed by atoms with Crippen LogP contribution in [0.5, 0.6) is 0 Å². The molecule has 0 radical (unpaired) electrons. The lowest BCUT2D eigenvalue weighted by atomic mass is 10.0. The fourth-order valence-corrected chi connectivity index (χ4v) is 2.41. The minimum atomic E-state index is -4.74. The van der Waals surface area contributed by atoms with E-state index in [9.17, 15) is 17.6 Å². The molecule has 8 heteroatoms. The molecule has 2 aromatic carbocycles. The summed E-state index contributed by atoms with van der Waals surface area (Å²) in [6.07, 6.45) is -1.53. The van der Waals surface area contributed by atoms with Gasteiger partial charge >= 0.3 is 6.18 Å². The highest BCUT2D eigenvalue weighted by atomic mass is 19.4. The molecule has 134 valence electrons. The van der Waals surface area contributed by atoms with Crippen molar-refractivity contribution in [2.45, 2.75) is 13.1 Å². The van der Waals surface area contributed by atoms with E-state index in [0.717, 1.165) is 23.4 Å². The summed E-state index contributed by atoms with van der Waals surface area (Å²) in [5.41, 5.74) is 6.65. The quantitative estimate of drug-likeness (QED) is 0.552. The Hall–Kier alpha value is -3.16. The molecule has 0 aliphatic carbocycles. The van der Waals surface area contributed by atoms with Crippen LogP contribution in [0.25, 0.3) is 11.1 Å². The average Bonchev–Trinajstić information content (AvgIpc) is 2.90. The maximum Gasteiger partial charge on any atom is 0.419 e. The van der Waals surface area contributed by atoms with E-state index in [-0.39, 0.29) is 11.5 Å². The second-order valence-corrected chi connectivity index (χ2v) is 5.64. The van der Waals surface area contributed by atoms with Crippen LogP contribution in [0.4, 0.5) is 23.5 Å². The predicted molar refractivity (Wildman–Crippen MR) is 91.2 cm³/mol. The van der Waals surface area contributed by atoms with E-state index in [4.69, 9.17) is 5.73 Å². The summed E-state index contributed by atoms with van der Waals surface area (Å²) < 4.78 is 53.3. The fraction of sp³-hybridized carbons (Fsp3) is 0.111. The van der Waals surface area contributed by atoms with E-state index >= 15 is 0 Å². The van der Waals surface area contributed by atoms with Crippen molar-refractivity contribution in [1.29, 1.82) is 0 Å². The van der Waals surface area contributed by atoms with Gasteiger partial charge in [0.2, 0.25) is 5.95 Å². The van der Waals surface area contributed by atoms with Gasteiger partial charge in [0.05, 0.1) is 23.7 Å². The minimum absolute atomic E-state index is 0.251. The first-order chi connectivity index (χ1) is 12.2. The lowest BCUT2D eigenvalue weighted by Gasteiger charge is -2.10. The largest absolute Gasteiger partial charge is 0.419 e. The van der Waals surface area contributed by atoms with E-state index in [1.165, 1.54) is 10.7 Å². The van der Waals surface area contributed by atoms with Gasteiger partial charge in [-0.3, -0.25) is 0 Å². The number of nitrogen functional groups attached to an aromatic ring is 1. The zero-order chi connectivity index (χ0) is 18.9. The van der Waals surface area contributed by atoms with Gasteiger partial charge in [0.15, 0.2) is 0 Å². The van der Waals surface area contributed by atoms with Crippen molar-refractivity contribution in [3.8, 4) is 11.1 Å². The Morgan fingerprint density at radius 1 is 1.08 bits per heavy atom. The van der Waals surface area contributed by atoms with Crippen molar-refractivity contribution in [1.82, 2.24) is 9.66 Å². The van der Waals surface area contributed by atoms with Crippen LogP contribution < -0.4 is 5.73 Å². The van der Waals surface area contributed by atoms with Gasteiger partial charge in [0.25, 0.3) is 0 Å². The number of hydrogen-bond acceptors (Lipinski definition) is 3. The van der Waals surface area contributed by atoms with E-state index in [1.54, 1.807) is 43.6 Å². The summed E-state index contributed by atoms with van der Waals surface area (Å²) in [6, 6.07) is 9.58. The third-order valence-corrected chi connectivity index (χ3v) is 3.68. The summed E-state index contributed by atoms with van der Waals surface area (Å²) in [5.74, 6) is -1.04. The number of hydrogen-bond donors (Lipinski definition) is 1. The van der Waals surface area contributed by atoms with Crippen molar-refractivity contribution >= 4 is 12.2 Å². The summed E-state index contributed by atoms with van der Waals surface area (Å²) in [5, 5.41) is 4.16. The molecular weight excluding hydrogens is 348 g/mol. The second kappa shape index (κ2) is 6.62. The first-order valence-electron chi connectivity index (χ1n) is 7.57. The van der Waals surface area contributed by atoms with Gasteiger partial charge in [0, 0.05) is 0 Å². The Balaban J connectivity index is 1.85. The van der Waals surface area contributed by atoms with E-state index in [1.807, 2.05) is 0 Å². The molecule has 3 aromatic rings. The van der Waals surface area contributed by atoms with Crippen LogP contribution in [0.2, 0.25) is 0 Å². The smallest absolute Gasteiger partial charge is 0.368 e. The van der Waals surface area contributed by atoms with E-state index in [0.29, 0.717) is 5.56 Å². The molecule has 0 spiro atoms. The highest BCUT2D eigenvalue weighted by molar-refractivity contribution is 5.81. The van der Waals surface area contributed by atoms with Gasteiger partial charge in [0.1, 0.15) is 5.82 Å². The molecular formula is C18H14F4N4. The minimum Gasteiger partial charge on any atom is -0.368 e. The molecule has 0 amide bonds. The van der Waals surface area contributed by atoms with Crippen LogP contribution in [0.3, 0.4) is 0 Å². The number of halogens is 4. The zero-order valence-electron chi connectivity index (χ0n) is 13.6. The molecule has 0 aliphatic rings. The average molecular weight is 362 g/mol. The van der Waals surface area contributed by atoms with Gasteiger partial charge in [-0.25, -0.2) is 14.1 Å². The monoisotopic (exact) mass is 362 g/mol. The first kappa shape index (κ1) is 17.7. The normalized spacial score (nSPS) is 12.0. The molecule has 0 bridgehead atoms. The standard InChI is InChI=1S/C18H14F4N4/c1-11-10-26(17(23)25-11)24-9-12-2-4-13(5-3-12)14-6-7-16(19)15(8-14)18(20,21)22/h2-10H,1H3,(H2,23,25). The summed E-state index contributed by atoms with van der Waals surface area (Å²) >= 11 is 0. The van der Waals surface area contributed by atoms with E-state index in [2.05, 4.69) is 10.1 Å². The number of anilines is 1. The topological polar surface area (TPSA) is 56.2 Å². The van der Waals surface area contributed by atoms with Crippen molar-refractivity contribution < 1.29 is 17.6 Å². The lowest BCUT2D eigenvalue weighted by molar-refractivity contribution is -0.139. The number of benzene rings is 2. The Morgan fingerprint density at radius 3 is 2.31 bits per heavy atom. The molecule has 26 heavy (non-hydrogen) atoms. The second-order valence-electron chi connectivity index (χ2n) is 5.64. The number of aryl methyl sites for hydroxylation is 1. The molecule has 0 unspecified atom stereocenters. The molecule has 1 aromatic heterocycles. The van der Waals surface area contributed by atoms with Gasteiger partial charge in [-0.1, -0.05) is 30.3 Å². The van der Waals surface area contributed by atoms with Crippen molar-refractivity contribution in [3.05, 3.63) is 71.3 Å². The van der Waals surface area contributed by atoms with Crippen LogP contribution in [0.1, 0.15) is 16.8 Å². The number of rotatable bonds is 3. The van der Waals surface area contributed by atoms with Gasteiger partial charge in [-0.05, 0) is 35.7 Å². The maximum atomic E-state index is 13.4. The molecule has 1 heterocycles. The molecule has 0 aliphatic heterocycles. The van der Waals surface area contributed by atoms with E-state index < -0.39 is 17.6 Å². The highest BCUT2D eigenvalue weighted by Gasteiger charge is 2.34. The van der Waals surface area contributed by atoms with Crippen molar-refractivity contribution in [3.63, 3.8) is 0 Å².